The van der Waals surface area contributed by atoms with E-state index in [1.165, 1.54) is 31.0 Å². The molecule has 1 amide bonds. The van der Waals surface area contributed by atoms with Crippen molar-refractivity contribution in [2.75, 3.05) is 32.5 Å². The lowest BCUT2D eigenvalue weighted by molar-refractivity contribution is 0.0859. The van der Waals surface area contributed by atoms with Crippen LogP contribution in [0, 0.1) is 5.82 Å². The van der Waals surface area contributed by atoms with Gasteiger partial charge in [0.2, 0.25) is 0 Å². The van der Waals surface area contributed by atoms with Gasteiger partial charge in [0, 0.05) is 11.0 Å². The molecule has 1 N–H and O–H groups in total. The van der Waals surface area contributed by atoms with Crippen molar-refractivity contribution in [1.29, 1.82) is 0 Å². The molecule has 0 atom stereocenters. The highest BCUT2D eigenvalue weighted by molar-refractivity contribution is 7.98. The highest BCUT2D eigenvalue weighted by atomic mass is 32.2. The predicted octanol–water partition coefficient (Wildman–Crippen LogP) is 4.54. The maximum Gasteiger partial charge on any atom is 0.274 e. The zero-order chi connectivity index (χ0) is 21.0. The number of hydrogen-bond donors (Lipinski definition) is 1. The second-order valence-corrected chi connectivity index (χ2v) is 8.23. The fraction of sp³-hybridized carbons (Fsp3) is 0.409. The first kappa shape index (κ1) is 21.5. The van der Waals surface area contributed by atoms with Crippen LogP contribution < -0.4 is 15.2 Å². The van der Waals surface area contributed by atoms with Gasteiger partial charge in [-0.25, -0.2) is 4.39 Å². The number of carbonyl (C=O) groups excluding carboxylic acids is 1. The number of methoxy groups -OCH3 is 1. The van der Waals surface area contributed by atoms with Crippen molar-refractivity contribution in [2.24, 2.45) is 0 Å². The van der Waals surface area contributed by atoms with Gasteiger partial charge in [0.25, 0.3) is 5.91 Å². The first-order valence-electron chi connectivity index (χ1n) is 9.68. The van der Waals surface area contributed by atoms with Crippen molar-refractivity contribution in [3.05, 3.63) is 53.8 Å². The van der Waals surface area contributed by atoms with Crippen molar-refractivity contribution >= 4 is 23.4 Å². The Kier molecular flexibility index (Phi) is 6.70. The van der Waals surface area contributed by atoms with Gasteiger partial charge >= 0.3 is 0 Å². The van der Waals surface area contributed by atoms with Gasteiger partial charge in [-0.15, -0.1) is 11.8 Å². The first-order chi connectivity index (χ1) is 13.9. The molecular formula is C22H28FN3O2S. The van der Waals surface area contributed by atoms with Gasteiger partial charge in [-0.3, -0.25) is 20.1 Å². The van der Waals surface area contributed by atoms with E-state index in [4.69, 9.17) is 4.74 Å². The summed E-state index contributed by atoms with van der Waals surface area (Å²) in [6.07, 6.45) is 5.87. The predicted molar refractivity (Wildman–Crippen MR) is 116 cm³/mol. The molecular weight excluding hydrogens is 389 g/mol. The number of halogens is 1. The fourth-order valence-electron chi connectivity index (χ4n) is 4.06. The molecule has 1 aliphatic carbocycles. The largest absolute Gasteiger partial charge is 0.496 e. The summed E-state index contributed by atoms with van der Waals surface area (Å²) < 4.78 is 19.3. The Bertz CT molecular complexity index is 829. The quantitative estimate of drug-likeness (QED) is 0.407. The smallest absolute Gasteiger partial charge is 0.274 e. The second kappa shape index (κ2) is 9.05. The van der Waals surface area contributed by atoms with Gasteiger partial charge < -0.3 is 4.74 Å². The van der Waals surface area contributed by atoms with E-state index < -0.39 is 5.82 Å². The summed E-state index contributed by atoms with van der Waals surface area (Å²) in [6, 6.07) is 12.5. The van der Waals surface area contributed by atoms with Crippen LogP contribution in [0.25, 0.3) is 0 Å². The van der Waals surface area contributed by atoms with E-state index in [0.717, 1.165) is 31.4 Å². The lowest BCUT2D eigenvalue weighted by atomic mass is 10.1. The summed E-state index contributed by atoms with van der Waals surface area (Å²) >= 11 is 1.32. The van der Waals surface area contributed by atoms with Crippen LogP contribution in [0.4, 0.5) is 10.1 Å². The van der Waals surface area contributed by atoms with Crippen molar-refractivity contribution < 1.29 is 13.9 Å². The number of rotatable bonds is 7. The van der Waals surface area contributed by atoms with Gasteiger partial charge in [0.15, 0.2) is 0 Å². The number of nitrogens with zero attached hydrogens (tertiary/aromatic N) is 2. The molecule has 0 aromatic heterocycles. The summed E-state index contributed by atoms with van der Waals surface area (Å²) in [4.78, 5) is 16.1. The van der Waals surface area contributed by atoms with Crippen LogP contribution in [-0.4, -0.2) is 43.9 Å². The molecule has 5 nitrogen and oxygen atoms in total. The van der Waals surface area contributed by atoms with Crippen molar-refractivity contribution in [1.82, 2.24) is 10.3 Å². The minimum absolute atomic E-state index is 0.227. The van der Waals surface area contributed by atoms with Gasteiger partial charge in [-0.2, -0.15) is 0 Å². The SMILES string of the molecule is COc1cc(F)cc(SC)c1C(=O)NN(c1ccccc1)C1(N(C)C)CCCC1. The number of anilines is 1. The third kappa shape index (κ3) is 4.21. The first-order valence-corrected chi connectivity index (χ1v) is 10.9. The lowest BCUT2D eigenvalue weighted by Gasteiger charge is -2.47. The topological polar surface area (TPSA) is 44.8 Å². The number of hydrogen-bond acceptors (Lipinski definition) is 5. The molecule has 29 heavy (non-hydrogen) atoms. The van der Waals surface area contributed by atoms with Crippen LogP contribution >= 0.6 is 11.8 Å². The molecule has 2 aromatic carbocycles. The maximum atomic E-state index is 13.9. The average Bonchev–Trinajstić information content (AvgIpc) is 3.22. The summed E-state index contributed by atoms with van der Waals surface area (Å²) in [5.74, 6) is -0.517. The fourth-order valence-corrected chi connectivity index (χ4v) is 4.69. The average molecular weight is 418 g/mol. The molecule has 1 fully saturated rings. The Balaban J connectivity index is 2.05. The lowest BCUT2D eigenvalue weighted by Crippen LogP contribution is -2.63. The number of ether oxygens (including phenoxy) is 1. The van der Waals surface area contributed by atoms with Gasteiger partial charge in [0.1, 0.15) is 17.2 Å². The Morgan fingerprint density at radius 2 is 1.83 bits per heavy atom. The molecule has 0 heterocycles. The molecule has 0 spiro atoms. The zero-order valence-electron chi connectivity index (χ0n) is 17.4. The summed E-state index contributed by atoms with van der Waals surface area (Å²) in [6.45, 7) is 0. The van der Waals surface area contributed by atoms with Crippen LogP contribution in [0.15, 0.2) is 47.4 Å². The van der Waals surface area contributed by atoms with Gasteiger partial charge in [-0.05, 0) is 64.2 Å². The summed E-state index contributed by atoms with van der Waals surface area (Å²) in [5, 5.41) is 1.97. The van der Waals surface area contributed by atoms with Crippen LogP contribution in [0.5, 0.6) is 5.75 Å². The molecule has 1 saturated carbocycles. The number of amides is 1. The summed E-state index contributed by atoms with van der Waals surface area (Å²) in [5.41, 5.74) is 4.04. The number of benzene rings is 2. The molecule has 0 aliphatic heterocycles. The monoisotopic (exact) mass is 417 g/mol. The standard InChI is InChI=1S/C22H28FN3O2S/c1-25(2)22(12-8-9-13-22)26(17-10-6-5-7-11-17)24-21(27)20-18(28-3)14-16(23)15-19(20)29-4/h5-7,10-11,14-15H,8-9,12-13H2,1-4H3,(H,24,27). The minimum Gasteiger partial charge on any atom is -0.496 e. The second-order valence-electron chi connectivity index (χ2n) is 7.38. The Hall–Kier alpha value is -2.25. The van der Waals surface area contributed by atoms with Gasteiger partial charge in [-0.1, -0.05) is 18.2 Å². The Morgan fingerprint density at radius 1 is 1.17 bits per heavy atom. The number of nitrogens with one attached hydrogen (secondary N) is 1. The van der Waals surface area contributed by atoms with Crippen LogP contribution in [0.3, 0.4) is 0 Å². The molecule has 0 radical (unpaired) electrons. The number of carbonyl (C=O) groups is 1. The molecule has 3 rings (SSSR count). The maximum absolute atomic E-state index is 13.9. The van der Waals surface area contributed by atoms with Crippen molar-refractivity contribution in [3.8, 4) is 5.75 Å². The Morgan fingerprint density at radius 3 is 2.38 bits per heavy atom. The van der Waals surface area contributed by atoms with E-state index in [1.807, 2.05) is 55.7 Å². The van der Waals surface area contributed by atoms with E-state index in [0.29, 0.717) is 10.5 Å². The molecule has 0 saturated heterocycles. The highest BCUT2D eigenvalue weighted by Gasteiger charge is 2.43. The van der Waals surface area contributed by atoms with Crippen LogP contribution in [0.2, 0.25) is 0 Å². The van der Waals surface area contributed by atoms with Crippen molar-refractivity contribution in [2.45, 2.75) is 36.2 Å². The highest BCUT2D eigenvalue weighted by Crippen LogP contribution is 2.39. The van der Waals surface area contributed by atoms with E-state index in [9.17, 15) is 9.18 Å². The van der Waals surface area contributed by atoms with Crippen LogP contribution in [0.1, 0.15) is 36.0 Å². The normalized spacial score (nSPS) is 15.4. The number of hydrazine groups is 1. The number of thioether (sulfide) groups is 1. The number of para-hydroxylation sites is 1. The third-order valence-corrected chi connectivity index (χ3v) is 6.34. The summed E-state index contributed by atoms with van der Waals surface area (Å²) in [7, 11) is 5.53. The molecule has 1 aliphatic rings. The molecule has 0 bridgehead atoms. The van der Waals surface area contributed by atoms with Crippen LogP contribution in [-0.2, 0) is 0 Å². The molecule has 0 unspecified atom stereocenters. The molecule has 7 heteroatoms. The third-order valence-electron chi connectivity index (χ3n) is 5.58. The zero-order valence-corrected chi connectivity index (χ0v) is 18.2. The van der Waals surface area contributed by atoms with E-state index >= 15 is 0 Å². The van der Waals surface area contributed by atoms with E-state index in [1.54, 1.807) is 0 Å². The molecule has 156 valence electrons. The minimum atomic E-state index is -0.428. The molecule has 2 aromatic rings. The van der Waals surface area contributed by atoms with E-state index in [2.05, 4.69) is 10.3 Å². The van der Waals surface area contributed by atoms with E-state index in [-0.39, 0.29) is 17.3 Å². The van der Waals surface area contributed by atoms with Gasteiger partial charge in [0.05, 0.1) is 18.4 Å². The van der Waals surface area contributed by atoms with Crippen molar-refractivity contribution in [3.63, 3.8) is 0 Å². The Labute approximate surface area is 176 Å².